The van der Waals surface area contributed by atoms with Crippen LogP contribution in [0.25, 0.3) is 0 Å². The molecule has 1 heterocycles. The predicted octanol–water partition coefficient (Wildman–Crippen LogP) is 1.92. The van der Waals surface area contributed by atoms with E-state index < -0.39 is 9.04 Å². The summed E-state index contributed by atoms with van der Waals surface area (Å²) >= 11 is 0. The SMILES string of the molecule is CCCC[C@@]1(CO)CCCN1O[SiH](C)C. The van der Waals surface area contributed by atoms with Crippen molar-refractivity contribution in [2.75, 3.05) is 13.2 Å². The summed E-state index contributed by atoms with van der Waals surface area (Å²) in [7, 11) is -1.04. The molecule has 0 aromatic rings. The number of aliphatic hydroxyl groups excluding tert-OH is 1. The first-order valence-corrected chi connectivity index (χ1v) is 8.98. The fourth-order valence-electron chi connectivity index (χ4n) is 2.33. The largest absolute Gasteiger partial charge is 0.394 e. The highest BCUT2D eigenvalue weighted by Crippen LogP contribution is 2.34. The maximum absolute atomic E-state index is 9.62. The topological polar surface area (TPSA) is 32.7 Å². The molecular formula is C11H25NO2Si. The summed E-state index contributed by atoms with van der Waals surface area (Å²) < 4.78 is 5.93. The zero-order valence-electron chi connectivity index (χ0n) is 10.3. The zero-order valence-corrected chi connectivity index (χ0v) is 11.5. The zero-order chi connectivity index (χ0) is 11.3. The minimum absolute atomic E-state index is 0.0622. The van der Waals surface area contributed by atoms with Gasteiger partial charge in [0.2, 0.25) is 0 Å². The van der Waals surface area contributed by atoms with Gasteiger partial charge in [0.05, 0.1) is 12.1 Å². The van der Waals surface area contributed by atoms with Crippen LogP contribution in [0, 0.1) is 0 Å². The fourth-order valence-corrected chi connectivity index (χ4v) is 3.16. The summed E-state index contributed by atoms with van der Waals surface area (Å²) in [6, 6.07) is 0. The molecule has 15 heavy (non-hydrogen) atoms. The lowest BCUT2D eigenvalue weighted by atomic mass is 9.92. The van der Waals surface area contributed by atoms with Crippen molar-refractivity contribution in [2.45, 2.75) is 57.7 Å². The highest BCUT2D eigenvalue weighted by atomic mass is 28.3. The molecule has 1 saturated heterocycles. The van der Waals surface area contributed by atoms with Gasteiger partial charge >= 0.3 is 0 Å². The summed E-state index contributed by atoms with van der Waals surface area (Å²) in [5, 5.41) is 11.7. The molecular weight excluding hydrogens is 206 g/mol. The van der Waals surface area contributed by atoms with Crippen molar-refractivity contribution < 1.29 is 9.63 Å². The van der Waals surface area contributed by atoms with E-state index in [0.29, 0.717) is 0 Å². The van der Waals surface area contributed by atoms with Crippen molar-refractivity contribution >= 4 is 9.04 Å². The average Bonchev–Trinajstić information content (AvgIpc) is 2.58. The third kappa shape index (κ3) is 3.28. The van der Waals surface area contributed by atoms with Crippen LogP contribution < -0.4 is 0 Å². The van der Waals surface area contributed by atoms with Crippen LogP contribution in [0.4, 0.5) is 0 Å². The maximum Gasteiger partial charge on any atom is 0.199 e. The second-order valence-electron chi connectivity index (χ2n) is 4.85. The summed E-state index contributed by atoms with van der Waals surface area (Å²) in [5.41, 5.74) is -0.0622. The molecule has 0 radical (unpaired) electrons. The second-order valence-corrected chi connectivity index (χ2v) is 7.15. The number of hydrogen-bond donors (Lipinski definition) is 1. The second kappa shape index (κ2) is 5.99. The van der Waals surface area contributed by atoms with E-state index in [2.05, 4.69) is 25.1 Å². The van der Waals surface area contributed by atoms with Gasteiger partial charge in [-0.25, -0.2) is 0 Å². The molecule has 0 amide bonds. The van der Waals surface area contributed by atoms with Gasteiger partial charge < -0.3 is 9.63 Å². The molecule has 1 rings (SSSR count). The lowest BCUT2D eigenvalue weighted by Crippen LogP contribution is -2.48. The fraction of sp³-hybridized carbons (Fsp3) is 1.00. The van der Waals surface area contributed by atoms with E-state index >= 15 is 0 Å². The number of rotatable bonds is 6. The van der Waals surface area contributed by atoms with E-state index in [1.54, 1.807) is 0 Å². The van der Waals surface area contributed by atoms with Gasteiger partial charge in [0.25, 0.3) is 0 Å². The Morgan fingerprint density at radius 3 is 2.73 bits per heavy atom. The molecule has 0 aromatic heterocycles. The molecule has 0 unspecified atom stereocenters. The van der Waals surface area contributed by atoms with Crippen LogP contribution in [0.15, 0.2) is 0 Å². The minimum Gasteiger partial charge on any atom is -0.394 e. The predicted molar refractivity (Wildman–Crippen MR) is 65.2 cm³/mol. The van der Waals surface area contributed by atoms with E-state index in [-0.39, 0.29) is 12.1 Å². The summed E-state index contributed by atoms with van der Waals surface area (Å²) in [5.74, 6) is 0. The lowest BCUT2D eigenvalue weighted by molar-refractivity contribution is -0.142. The van der Waals surface area contributed by atoms with Gasteiger partial charge in [-0.2, -0.15) is 5.06 Å². The molecule has 0 aromatic carbocycles. The highest BCUT2D eigenvalue weighted by Gasteiger charge is 2.41. The Hall–Kier alpha value is 0.0969. The van der Waals surface area contributed by atoms with Crippen LogP contribution in [0.2, 0.25) is 13.1 Å². The number of hydrogen-bond acceptors (Lipinski definition) is 3. The Balaban J connectivity index is 2.59. The molecule has 1 N–H and O–H groups in total. The number of aliphatic hydroxyl groups is 1. The Morgan fingerprint density at radius 1 is 1.47 bits per heavy atom. The van der Waals surface area contributed by atoms with E-state index in [1.165, 1.54) is 12.8 Å². The Kier molecular flexibility index (Phi) is 5.25. The number of unbranched alkanes of at least 4 members (excludes halogenated alkanes) is 1. The first kappa shape index (κ1) is 13.2. The third-order valence-corrected chi connectivity index (χ3v) is 3.84. The van der Waals surface area contributed by atoms with Gasteiger partial charge in [0.1, 0.15) is 0 Å². The Morgan fingerprint density at radius 2 is 2.20 bits per heavy atom. The molecule has 1 atom stereocenters. The van der Waals surface area contributed by atoms with Crippen LogP contribution in [-0.4, -0.2) is 37.9 Å². The maximum atomic E-state index is 9.62. The van der Waals surface area contributed by atoms with Gasteiger partial charge in [-0.1, -0.05) is 19.8 Å². The van der Waals surface area contributed by atoms with Gasteiger partial charge in [-0.05, 0) is 32.4 Å². The van der Waals surface area contributed by atoms with Crippen LogP contribution >= 0.6 is 0 Å². The summed E-state index contributed by atoms with van der Waals surface area (Å²) in [6.07, 6.45) is 5.69. The van der Waals surface area contributed by atoms with Crippen molar-refractivity contribution in [1.29, 1.82) is 0 Å². The van der Waals surface area contributed by atoms with Gasteiger partial charge in [0, 0.05) is 6.54 Å². The molecule has 1 aliphatic rings. The Bertz CT molecular complexity index is 189. The molecule has 0 aliphatic carbocycles. The van der Waals surface area contributed by atoms with Crippen molar-refractivity contribution in [3.8, 4) is 0 Å². The van der Waals surface area contributed by atoms with E-state index in [4.69, 9.17) is 4.53 Å². The van der Waals surface area contributed by atoms with E-state index in [1.807, 2.05) is 0 Å². The lowest BCUT2D eigenvalue weighted by Gasteiger charge is -2.37. The molecule has 0 bridgehead atoms. The van der Waals surface area contributed by atoms with E-state index in [0.717, 1.165) is 25.8 Å². The molecule has 1 fully saturated rings. The van der Waals surface area contributed by atoms with Crippen LogP contribution in [-0.2, 0) is 4.53 Å². The Labute approximate surface area is 95.1 Å². The van der Waals surface area contributed by atoms with Crippen LogP contribution in [0.5, 0.6) is 0 Å². The molecule has 1 aliphatic heterocycles. The normalized spacial score (nSPS) is 27.8. The number of hydroxylamine groups is 2. The van der Waals surface area contributed by atoms with Crippen molar-refractivity contribution in [3.05, 3.63) is 0 Å². The van der Waals surface area contributed by atoms with E-state index in [9.17, 15) is 5.11 Å². The smallest absolute Gasteiger partial charge is 0.199 e. The summed E-state index contributed by atoms with van der Waals surface area (Å²) in [4.78, 5) is 0. The van der Waals surface area contributed by atoms with Crippen molar-refractivity contribution in [2.24, 2.45) is 0 Å². The van der Waals surface area contributed by atoms with Gasteiger partial charge in [-0.3, -0.25) is 0 Å². The van der Waals surface area contributed by atoms with Gasteiger partial charge in [0.15, 0.2) is 9.04 Å². The standard InChI is InChI=1S/C11H25NO2Si/c1-4-5-7-11(10-13)8-6-9-12(11)14-15(2)3/h13,15H,4-10H2,1-3H3/t11-/m0/s1. The molecule has 0 saturated carbocycles. The minimum atomic E-state index is -1.04. The first-order valence-electron chi connectivity index (χ1n) is 6.20. The van der Waals surface area contributed by atoms with Crippen molar-refractivity contribution in [1.82, 2.24) is 5.06 Å². The molecule has 0 spiro atoms. The molecule has 90 valence electrons. The summed E-state index contributed by atoms with van der Waals surface area (Å²) in [6.45, 7) is 7.80. The quantitative estimate of drug-likeness (QED) is 0.709. The van der Waals surface area contributed by atoms with Gasteiger partial charge in [-0.15, -0.1) is 0 Å². The van der Waals surface area contributed by atoms with Crippen LogP contribution in [0.1, 0.15) is 39.0 Å². The highest BCUT2D eigenvalue weighted by molar-refractivity contribution is 6.48. The van der Waals surface area contributed by atoms with Crippen LogP contribution in [0.3, 0.4) is 0 Å². The first-order chi connectivity index (χ1) is 7.14. The average molecular weight is 231 g/mol. The van der Waals surface area contributed by atoms with Crippen molar-refractivity contribution in [3.63, 3.8) is 0 Å². The molecule has 4 heteroatoms. The number of nitrogens with zero attached hydrogens (tertiary/aromatic N) is 1. The third-order valence-electron chi connectivity index (χ3n) is 3.16. The monoisotopic (exact) mass is 231 g/mol. The molecule has 3 nitrogen and oxygen atoms in total.